The number of H-pyrrole nitrogens is 1. The van der Waals surface area contributed by atoms with E-state index in [4.69, 9.17) is 16.1 Å². The molecule has 0 aliphatic rings. The van der Waals surface area contributed by atoms with Crippen LogP contribution in [0.15, 0.2) is 44.4 Å². The number of unbranched alkanes of at least 4 members (excludes halogenated alkanes) is 1. The van der Waals surface area contributed by atoms with E-state index in [1.807, 2.05) is 37.3 Å². The number of hydrogen-bond acceptors (Lipinski definition) is 6. The minimum absolute atomic E-state index is 0.0923. The predicted molar refractivity (Wildman–Crippen MR) is 113 cm³/mol. The molecule has 0 saturated carbocycles. The Bertz CT molecular complexity index is 1270. The maximum absolute atomic E-state index is 12.8. The van der Waals surface area contributed by atoms with Gasteiger partial charge in [0.25, 0.3) is 5.56 Å². The molecule has 0 aliphatic carbocycles. The van der Waals surface area contributed by atoms with Crippen LogP contribution in [0, 0.1) is 0 Å². The Morgan fingerprint density at radius 2 is 1.87 bits per heavy atom. The summed E-state index contributed by atoms with van der Waals surface area (Å²) in [5.74, 6) is 1.08. The summed E-state index contributed by atoms with van der Waals surface area (Å²) in [6.45, 7) is 2.70. The zero-order valence-corrected chi connectivity index (χ0v) is 17.2. The fourth-order valence-electron chi connectivity index (χ4n) is 3.37. The summed E-state index contributed by atoms with van der Waals surface area (Å²) in [5, 5.41) is 4.09. The molecule has 0 atom stereocenters. The van der Waals surface area contributed by atoms with E-state index in [2.05, 4.69) is 20.1 Å². The molecule has 3 heterocycles. The second-order valence-corrected chi connectivity index (χ2v) is 7.31. The molecule has 0 unspecified atom stereocenters. The van der Waals surface area contributed by atoms with E-state index in [0.29, 0.717) is 43.2 Å². The molecule has 30 heavy (non-hydrogen) atoms. The molecule has 156 valence electrons. The summed E-state index contributed by atoms with van der Waals surface area (Å²) in [7, 11) is 0. The van der Waals surface area contributed by atoms with Gasteiger partial charge in [-0.25, -0.2) is 4.79 Å². The van der Waals surface area contributed by atoms with Crippen molar-refractivity contribution in [3.63, 3.8) is 0 Å². The fourth-order valence-corrected chi connectivity index (χ4v) is 3.54. The molecule has 1 N–H and O–H groups in total. The quantitative estimate of drug-likeness (QED) is 0.341. The van der Waals surface area contributed by atoms with E-state index in [-0.39, 0.29) is 23.0 Å². The van der Waals surface area contributed by atoms with E-state index >= 15 is 0 Å². The van der Waals surface area contributed by atoms with Gasteiger partial charge in [-0.1, -0.05) is 42.4 Å². The van der Waals surface area contributed by atoms with Gasteiger partial charge in [0.1, 0.15) is 0 Å². The number of rotatable bonds is 8. The summed E-state index contributed by atoms with van der Waals surface area (Å²) < 4.78 is 8.03. The molecular weight excluding hydrogens is 408 g/mol. The number of hydrogen-bond donors (Lipinski definition) is 1. The number of aryl methyl sites for hydroxylation is 2. The highest BCUT2D eigenvalue weighted by atomic mass is 35.5. The van der Waals surface area contributed by atoms with E-state index in [9.17, 15) is 9.59 Å². The number of nitrogens with zero attached hydrogens (tertiary/aromatic N) is 5. The fraction of sp³-hybridized carbons (Fsp3) is 0.350. The topological polar surface area (TPSA) is 112 Å². The molecule has 0 radical (unpaired) electrons. The molecule has 0 saturated heterocycles. The molecule has 0 amide bonds. The summed E-state index contributed by atoms with van der Waals surface area (Å²) in [4.78, 5) is 36.8. The maximum Gasteiger partial charge on any atom is 0.332 e. The normalized spacial score (nSPS) is 11.4. The average molecular weight is 429 g/mol. The lowest BCUT2D eigenvalue weighted by atomic mass is 10.2. The smallest absolute Gasteiger partial charge is 0.332 e. The number of halogens is 1. The second-order valence-electron chi connectivity index (χ2n) is 6.95. The van der Waals surface area contributed by atoms with Gasteiger partial charge in [-0.2, -0.15) is 9.97 Å². The van der Waals surface area contributed by atoms with Crippen molar-refractivity contribution < 1.29 is 4.52 Å². The third kappa shape index (κ3) is 3.93. The molecule has 3 aromatic heterocycles. The first kappa shape index (κ1) is 20.1. The van der Waals surface area contributed by atoms with Crippen molar-refractivity contribution in [2.75, 3.05) is 0 Å². The lowest BCUT2D eigenvalue weighted by Gasteiger charge is -2.10. The largest absolute Gasteiger partial charge is 0.339 e. The molecule has 0 spiro atoms. The standard InChI is InChI=1S/C20H21ClN6O3/c1-2-11-26-17-15(23-19(21)24-17)18(28)27(20(26)29)12-7-6-10-14-22-16(25-30-14)13-8-4-3-5-9-13/h3-5,8-9H,2,6-7,10-12H2,1H3,(H,23,24). The minimum atomic E-state index is -0.411. The van der Waals surface area contributed by atoms with Crippen LogP contribution < -0.4 is 11.2 Å². The van der Waals surface area contributed by atoms with E-state index < -0.39 is 5.56 Å². The van der Waals surface area contributed by atoms with Crippen molar-refractivity contribution in [1.29, 1.82) is 0 Å². The van der Waals surface area contributed by atoms with Crippen LogP contribution in [0.25, 0.3) is 22.6 Å². The van der Waals surface area contributed by atoms with Crippen LogP contribution in [0.3, 0.4) is 0 Å². The van der Waals surface area contributed by atoms with Crippen LogP contribution in [0.2, 0.25) is 5.28 Å². The van der Waals surface area contributed by atoms with Gasteiger partial charge in [-0.15, -0.1) is 0 Å². The van der Waals surface area contributed by atoms with Gasteiger partial charge in [-0.05, 0) is 30.9 Å². The summed E-state index contributed by atoms with van der Waals surface area (Å²) in [6.07, 6.45) is 2.60. The SMILES string of the molecule is CCCn1c(=O)n(CCCCc2nc(-c3ccccc3)no2)c(=O)c2[nH]c(Cl)nc21. The Balaban J connectivity index is 1.46. The first-order valence-electron chi connectivity index (χ1n) is 9.85. The van der Waals surface area contributed by atoms with Crippen LogP contribution in [0.1, 0.15) is 32.1 Å². The summed E-state index contributed by atoms with van der Waals surface area (Å²) in [5.41, 5.74) is 0.652. The van der Waals surface area contributed by atoms with Crippen LogP contribution in [0.5, 0.6) is 0 Å². The van der Waals surface area contributed by atoms with Crippen LogP contribution in [-0.2, 0) is 19.5 Å². The van der Waals surface area contributed by atoms with Gasteiger partial charge in [0.15, 0.2) is 11.2 Å². The molecule has 10 heteroatoms. The highest BCUT2D eigenvalue weighted by Crippen LogP contribution is 2.16. The zero-order valence-electron chi connectivity index (χ0n) is 16.5. The van der Waals surface area contributed by atoms with Gasteiger partial charge in [0.05, 0.1) is 0 Å². The number of aromatic amines is 1. The van der Waals surface area contributed by atoms with Crippen molar-refractivity contribution in [3.8, 4) is 11.4 Å². The molecule has 4 aromatic rings. The predicted octanol–water partition coefficient (Wildman–Crippen LogP) is 3.02. The Kier molecular flexibility index (Phi) is 5.80. The zero-order chi connectivity index (χ0) is 21.1. The Labute approximate surface area is 176 Å². The third-order valence-electron chi connectivity index (χ3n) is 4.80. The van der Waals surface area contributed by atoms with Crippen LogP contribution >= 0.6 is 11.6 Å². The first-order valence-corrected chi connectivity index (χ1v) is 10.2. The number of aromatic nitrogens is 6. The Morgan fingerprint density at radius 3 is 2.63 bits per heavy atom. The molecule has 1 aromatic carbocycles. The van der Waals surface area contributed by atoms with Crippen LogP contribution in [0.4, 0.5) is 0 Å². The molecule has 0 bridgehead atoms. The molecule has 0 fully saturated rings. The first-order chi connectivity index (χ1) is 14.6. The Morgan fingerprint density at radius 1 is 1.07 bits per heavy atom. The molecule has 4 rings (SSSR count). The monoisotopic (exact) mass is 428 g/mol. The molecule has 9 nitrogen and oxygen atoms in total. The highest BCUT2D eigenvalue weighted by molar-refractivity contribution is 6.28. The van der Waals surface area contributed by atoms with Gasteiger partial charge in [0.2, 0.25) is 17.0 Å². The van der Waals surface area contributed by atoms with Gasteiger partial charge < -0.3 is 9.51 Å². The lowest BCUT2D eigenvalue weighted by molar-refractivity contribution is 0.372. The Hall–Kier alpha value is -3.20. The summed E-state index contributed by atoms with van der Waals surface area (Å²) >= 11 is 5.92. The lowest BCUT2D eigenvalue weighted by Crippen LogP contribution is -2.40. The third-order valence-corrected chi connectivity index (χ3v) is 4.98. The van der Waals surface area contributed by atoms with Gasteiger partial charge in [0, 0.05) is 25.1 Å². The minimum Gasteiger partial charge on any atom is -0.339 e. The number of benzene rings is 1. The van der Waals surface area contributed by atoms with Crippen molar-refractivity contribution in [1.82, 2.24) is 29.2 Å². The highest BCUT2D eigenvalue weighted by Gasteiger charge is 2.16. The summed E-state index contributed by atoms with van der Waals surface area (Å²) in [6, 6.07) is 9.59. The molecule has 0 aliphatic heterocycles. The van der Waals surface area contributed by atoms with E-state index in [1.165, 1.54) is 9.13 Å². The number of fused-ring (bicyclic) bond motifs is 1. The number of nitrogens with one attached hydrogen (secondary N) is 1. The van der Waals surface area contributed by atoms with Gasteiger partial charge in [-0.3, -0.25) is 13.9 Å². The van der Waals surface area contributed by atoms with Crippen molar-refractivity contribution in [2.45, 2.75) is 45.7 Å². The van der Waals surface area contributed by atoms with Crippen molar-refractivity contribution in [2.24, 2.45) is 0 Å². The van der Waals surface area contributed by atoms with Crippen molar-refractivity contribution in [3.05, 3.63) is 62.3 Å². The van der Waals surface area contributed by atoms with Gasteiger partial charge >= 0.3 is 5.69 Å². The van der Waals surface area contributed by atoms with Crippen molar-refractivity contribution >= 4 is 22.8 Å². The second kappa shape index (κ2) is 8.66. The average Bonchev–Trinajstić information content (AvgIpc) is 3.38. The van der Waals surface area contributed by atoms with E-state index in [0.717, 1.165) is 12.0 Å². The maximum atomic E-state index is 12.8. The molecular formula is C20H21ClN6O3. The van der Waals surface area contributed by atoms with Crippen LogP contribution in [-0.4, -0.2) is 29.2 Å². The number of imidazole rings is 1. The van der Waals surface area contributed by atoms with E-state index in [1.54, 1.807) is 0 Å².